The monoisotopic (exact) mass is 272 g/mol. The van der Waals surface area contributed by atoms with Gasteiger partial charge in [-0.1, -0.05) is 28.8 Å². The molecule has 1 aliphatic heterocycles. The van der Waals surface area contributed by atoms with E-state index in [1.165, 1.54) is 57.8 Å². The van der Waals surface area contributed by atoms with Gasteiger partial charge >= 0.3 is 0 Å². The van der Waals surface area contributed by atoms with Crippen molar-refractivity contribution in [2.75, 3.05) is 5.33 Å². The number of alkyl halides is 1. The molecule has 2 unspecified atom stereocenters. The van der Waals surface area contributed by atoms with Crippen molar-refractivity contribution in [1.29, 1.82) is 0 Å². The first kappa shape index (κ1) is 10.6. The first-order chi connectivity index (χ1) is 7.30. The van der Waals surface area contributed by atoms with Gasteiger partial charge in [0.25, 0.3) is 0 Å². The van der Waals surface area contributed by atoms with Crippen LogP contribution in [0.15, 0.2) is 0 Å². The first-order valence-electron chi connectivity index (χ1n) is 6.54. The van der Waals surface area contributed by atoms with Gasteiger partial charge in [-0.25, -0.2) is 0 Å². The molecule has 2 aliphatic carbocycles. The number of fused-ring (bicyclic) bond motifs is 1. The Hall–Kier alpha value is 0.440. The zero-order chi connectivity index (χ0) is 10.4. The highest BCUT2D eigenvalue weighted by Crippen LogP contribution is 2.64. The van der Waals surface area contributed by atoms with E-state index in [2.05, 4.69) is 15.9 Å². The van der Waals surface area contributed by atoms with Gasteiger partial charge in [-0.2, -0.15) is 0 Å². The minimum Gasteiger partial charge on any atom is -0.370 e. The molecular formula is C13H21BrO. The Kier molecular flexibility index (Phi) is 2.63. The van der Waals surface area contributed by atoms with Gasteiger partial charge in [-0.3, -0.25) is 0 Å². The Morgan fingerprint density at radius 1 is 1.00 bits per heavy atom. The zero-order valence-electron chi connectivity index (χ0n) is 9.43. The van der Waals surface area contributed by atoms with Gasteiger partial charge < -0.3 is 4.74 Å². The molecule has 1 saturated heterocycles. The maximum absolute atomic E-state index is 6.45. The number of rotatable bonds is 1. The van der Waals surface area contributed by atoms with E-state index in [0.717, 1.165) is 5.33 Å². The zero-order valence-corrected chi connectivity index (χ0v) is 11.0. The second kappa shape index (κ2) is 3.73. The largest absolute Gasteiger partial charge is 0.370 e. The van der Waals surface area contributed by atoms with Crippen molar-refractivity contribution in [3.05, 3.63) is 0 Å². The van der Waals surface area contributed by atoms with Gasteiger partial charge in [0.15, 0.2) is 0 Å². The molecule has 0 aromatic rings. The minimum atomic E-state index is 0.320. The van der Waals surface area contributed by atoms with Gasteiger partial charge in [0.1, 0.15) is 0 Å². The first-order valence-corrected chi connectivity index (χ1v) is 7.66. The van der Waals surface area contributed by atoms with E-state index in [4.69, 9.17) is 4.74 Å². The third-order valence-electron chi connectivity index (χ3n) is 5.21. The molecule has 2 atom stereocenters. The summed E-state index contributed by atoms with van der Waals surface area (Å²) in [6, 6.07) is 0. The van der Waals surface area contributed by atoms with Gasteiger partial charge in [0.05, 0.1) is 11.7 Å². The van der Waals surface area contributed by atoms with E-state index < -0.39 is 0 Å². The van der Waals surface area contributed by atoms with Crippen molar-refractivity contribution in [2.45, 2.75) is 69.5 Å². The lowest BCUT2D eigenvalue weighted by molar-refractivity contribution is -0.244. The van der Waals surface area contributed by atoms with E-state index in [9.17, 15) is 0 Å². The molecule has 86 valence electrons. The van der Waals surface area contributed by atoms with Gasteiger partial charge in [0.2, 0.25) is 0 Å². The lowest BCUT2D eigenvalue weighted by Gasteiger charge is -2.61. The highest BCUT2D eigenvalue weighted by Gasteiger charge is 2.61. The molecule has 0 bridgehead atoms. The molecule has 1 nitrogen and oxygen atoms in total. The van der Waals surface area contributed by atoms with Gasteiger partial charge in [-0.15, -0.1) is 0 Å². The van der Waals surface area contributed by atoms with E-state index in [1.54, 1.807) is 0 Å². The lowest BCUT2D eigenvalue weighted by atomic mass is 9.53. The molecule has 3 rings (SSSR count). The van der Waals surface area contributed by atoms with Crippen LogP contribution in [0.25, 0.3) is 0 Å². The fourth-order valence-electron chi connectivity index (χ4n) is 4.25. The average molecular weight is 273 g/mol. The Bertz CT molecular complexity index is 247. The molecule has 0 aromatic heterocycles. The van der Waals surface area contributed by atoms with Crippen molar-refractivity contribution in [3.8, 4) is 0 Å². The fraction of sp³-hybridized carbons (Fsp3) is 1.00. The highest BCUT2D eigenvalue weighted by molar-refractivity contribution is 9.09. The molecule has 15 heavy (non-hydrogen) atoms. The lowest BCUT2D eigenvalue weighted by Crippen LogP contribution is -2.60. The van der Waals surface area contributed by atoms with E-state index in [0.29, 0.717) is 17.1 Å². The second-order valence-electron chi connectivity index (χ2n) is 5.77. The molecule has 2 spiro atoms. The smallest absolute Gasteiger partial charge is 0.0742 e. The minimum absolute atomic E-state index is 0.320. The van der Waals surface area contributed by atoms with E-state index in [-0.39, 0.29) is 0 Å². The molecule has 3 aliphatic rings. The van der Waals surface area contributed by atoms with Crippen LogP contribution in [-0.4, -0.2) is 17.0 Å². The second-order valence-corrected chi connectivity index (χ2v) is 6.42. The average Bonchev–Trinajstić information content (AvgIpc) is 2.79. The van der Waals surface area contributed by atoms with Crippen LogP contribution in [0.2, 0.25) is 0 Å². The summed E-state index contributed by atoms with van der Waals surface area (Å²) in [6.07, 6.45) is 13.1. The number of hydrogen-bond acceptors (Lipinski definition) is 1. The summed E-state index contributed by atoms with van der Waals surface area (Å²) in [7, 11) is 0. The third-order valence-corrected chi connectivity index (χ3v) is 5.93. The van der Waals surface area contributed by atoms with Crippen molar-refractivity contribution in [3.63, 3.8) is 0 Å². The summed E-state index contributed by atoms with van der Waals surface area (Å²) < 4.78 is 6.45. The Morgan fingerprint density at radius 3 is 2.40 bits per heavy atom. The number of hydrogen-bond donors (Lipinski definition) is 0. The number of ether oxygens (including phenoxy) is 1. The predicted molar refractivity (Wildman–Crippen MR) is 65.4 cm³/mol. The van der Waals surface area contributed by atoms with Crippen LogP contribution in [-0.2, 0) is 4.74 Å². The third kappa shape index (κ3) is 1.44. The molecule has 0 amide bonds. The van der Waals surface area contributed by atoms with Crippen LogP contribution in [0.5, 0.6) is 0 Å². The van der Waals surface area contributed by atoms with Gasteiger partial charge in [-0.05, 0) is 50.4 Å². The summed E-state index contributed by atoms with van der Waals surface area (Å²) in [6.45, 7) is 0. The van der Waals surface area contributed by atoms with Crippen molar-refractivity contribution in [1.82, 2.24) is 0 Å². The fourth-order valence-corrected chi connectivity index (χ4v) is 4.71. The van der Waals surface area contributed by atoms with Gasteiger partial charge in [0, 0.05) is 5.33 Å². The molecular weight excluding hydrogens is 252 g/mol. The van der Waals surface area contributed by atoms with Crippen LogP contribution in [0, 0.1) is 5.41 Å². The summed E-state index contributed by atoms with van der Waals surface area (Å²) in [5.74, 6) is 0. The van der Waals surface area contributed by atoms with Crippen molar-refractivity contribution >= 4 is 15.9 Å². The molecule has 1 heterocycles. The highest BCUT2D eigenvalue weighted by atomic mass is 79.9. The van der Waals surface area contributed by atoms with Crippen molar-refractivity contribution < 1.29 is 4.74 Å². The standard InChI is InChI=1S/C13H21BrO/c14-10-11-4-3-7-13(15-11)9-8-12(13)5-1-2-6-12/h11H,1-10H2. The maximum atomic E-state index is 6.45. The number of halogens is 1. The summed E-state index contributed by atoms with van der Waals surface area (Å²) in [5, 5.41) is 1.03. The molecule has 0 aromatic carbocycles. The van der Waals surface area contributed by atoms with E-state index >= 15 is 0 Å². The van der Waals surface area contributed by atoms with Crippen LogP contribution < -0.4 is 0 Å². The molecule has 2 saturated carbocycles. The Labute approximate surface area is 101 Å². The normalized spacial score (nSPS) is 43.4. The predicted octanol–water partition coefficient (Wildman–Crippen LogP) is 4.04. The Morgan fingerprint density at radius 2 is 1.80 bits per heavy atom. The van der Waals surface area contributed by atoms with Crippen molar-refractivity contribution in [2.24, 2.45) is 5.41 Å². The quantitative estimate of drug-likeness (QED) is 0.655. The summed E-state index contributed by atoms with van der Waals surface area (Å²) in [4.78, 5) is 0. The SMILES string of the molecule is BrCC1CCCC2(CCC23CCCC3)O1. The molecule has 3 fully saturated rings. The summed E-state index contributed by atoms with van der Waals surface area (Å²) >= 11 is 3.59. The molecule has 0 radical (unpaired) electrons. The maximum Gasteiger partial charge on any atom is 0.0742 e. The summed E-state index contributed by atoms with van der Waals surface area (Å²) in [5.41, 5.74) is 0.939. The van der Waals surface area contributed by atoms with Crippen LogP contribution in [0.3, 0.4) is 0 Å². The molecule has 0 N–H and O–H groups in total. The van der Waals surface area contributed by atoms with Crippen LogP contribution >= 0.6 is 15.9 Å². The Balaban J connectivity index is 1.78. The van der Waals surface area contributed by atoms with Crippen LogP contribution in [0.4, 0.5) is 0 Å². The molecule has 2 heteroatoms. The van der Waals surface area contributed by atoms with E-state index in [1.807, 2.05) is 0 Å². The topological polar surface area (TPSA) is 9.23 Å². The van der Waals surface area contributed by atoms with Crippen LogP contribution in [0.1, 0.15) is 57.8 Å².